The standard InChI is InChI=1S/C17H31NO5/c1-5-6-7-8-9-10-14(19)11-17(22)23-15(12-16(20)21)13-18(2,3)4/h11,15H,5-10,12-13H2,1-4H3,(H-,19,20,21,22). The van der Waals surface area contributed by atoms with Crippen LogP contribution in [0.5, 0.6) is 0 Å². The van der Waals surface area contributed by atoms with E-state index in [9.17, 15) is 19.8 Å². The fraction of sp³-hybridized carbons (Fsp3) is 0.765. The van der Waals surface area contributed by atoms with E-state index in [4.69, 9.17) is 4.74 Å². The molecule has 0 rings (SSSR count). The van der Waals surface area contributed by atoms with Crippen LogP contribution in [0.4, 0.5) is 0 Å². The summed E-state index contributed by atoms with van der Waals surface area (Å²) < 4.78 is 5.60. The molecule has 0 bridgehead atoms. The molecule has 0 aromatic heterocycles. The second kappa shape index (κ2) is 11.0. The Bertz CT molecular complexity index is 398. The lowest BCUT2D eigenvalue weighted by molar-refractivity contribution is -0.873. The Hall–Kier alpha value is -1.56. The molecule has 0 saturated heterocycles. The van der Waals surface area contributed by atoms with Crippen molar-refractivity contribution in [3.8, 4) is 0 Å². The molecule has 0 spiro atoms. The monoisotopic (exact) mass is 329 g/mol. The minimum atomic E-state index is -1.26. The fourth-order valence-electron chi connectivity index (χ4n) is 2.26. The van der Waals surface area contributed by atoms with Crippen molar-refractivity contribution in [2.24, 2.45) is 0 Å². The molecule has 1 N–H and O–H groups in total. The number of nitrogens with zero attached hydrogens (tertiary/aromatic N) is 1. The molecule has 0 aliphatic heterocycles. The molecule has 0 fully saturated rings. The Kier molecular flexibility index (Phi) is 10.3. The Morgan fingerprint density at radius 1 is 1.17 bits per heavy atom. The van der Waals surface area contributed by atoms with Crippen LogP contribution in [0, 0.1) is 0 Å². The molecule has 0 aromatic rings. The average molecular weight is 329 g/mol. The number of aliphatic hydroxyl groups excluding tert-OH is 1. The lowest BCUT2D eigenvalue weighted by Gasteiger charge is -2.29. The van der Waals surface area contributed by atoms with Crippen molar-refractivity contribution in [2.45, 2.75) is 58.0 Å². The lowest BCUT2D eigenvalue weighted by atomic mass is 10.1. The van der Waals surface area contributed by atoms with E-state index < -0.39 is 18.0 Å². The first kappa shape index (κ1) is 21.4. The number of allylic oxidation sites excluding steroid dienone is 1. The third-order valence-electron chi connectivity index (χ3n) is 3.25. The second-order valence-corrected chi connectivity index (χ2v) is 6.91. The molecular formula is C17H31NO5. The highest BCUT2D eigenvalue weighted by Gasteiger charge is 2.22. The van der Waals surface area contributed by atoms with E-state index in [-0.39, 0.29) is 12.2 Å². The fourth-order valence-corrected chi connectivity index (χ4v) is 2.26. The number of carboxylic acid groups (broad SMARTS) is 1. The molecule has 134 valence electrons. The maximum absolute atomic E-state index is 11.8. The highest BCUT2D eigenvalue weighted by Crippen LogP contribution is 2.10. The van der Waals surface area contributed by atoms with E-state index in [0.717, 1.165) is 31.8 Å². The number of aliphatic carboxylic acids is 1. The van der Waals surface area contributed by atoms with E-state index in [2.05, 4.69) is 6.92 Å². The summed E-state index contributed by atoms with van der Waals surface area (Å²) in [5.74, 6) is -2.00. The third kappa shape index (κ3) is 13.8. The molecule has 0 radical (unpaired) electrons. The third-order valence-corrected chi connectivity index (χ3v) is 3.25. The van der Waals surface area contributed by atoms with E-state index in [0.29, 0.717) is 17.4 Å². The molecule has 1 atom stereocenters. The zero-order valence-corrected chi connectivity index (χ0v) is 14.8. The van der Waals surface area contributed by atoms with Gasteiger partial charge in [0.1, 0.15) is 6.54 Å². The number of unbranched alkanes of at least 4 members (excludes halogenated alkanes) is 4. The number of carboxylic acids is 1. The molecule has 23 heavy (non-hydrogen) atoms. The van der Waals surface area contributed by atoms with Gasteiger partial charge in [0, 0.05) is 18.8 Å². The zero-order valence-electron chi connectivity index (χ0n) is 14.8. The molecule has 0 aromatic carbocycles. The van der Waals surface area contributed by atoms with Crippen LogP contribution < -0.4 is 5.11 Å². The first-order valence-electron chi connectivity index (χ1n) is 8.24. The van der Waals surface area contributed by atoms with Gasteiger partial charge in [-0.15, -0.1) is 0 Å². The molecule has 0 amide bonds. The largest absolute Gasteiger partial charge is 0.550 e. The smallest absolute Gasteiger partial charge is 0.334 e. The van der Waals surface area contributed by atoms with Crippen LogP contribution in [0.2, 0.25) is 0 Å². The number of esters is 1. The van der Waals surface area contributed by atoms with Crippen molar-refractivity contribution in [3.05, 3.63) is 11.8 Å². The van der Waals surface area contributed by atoms with Gasteiger partial charge in [-0.1, -0.05) is 32.6 Å². The van der Waals surface area contributed by atoms with Gasteiger partial charge < -0.3 is 24.2 Å². The molecule has 6 nitrogen and oxygen atoms in total. The predicted octanol–water partition coefficient (Wildman–Crippen LogP) is 1.55. The molecular weight excluding hydrogens is 298 g/mol. The molecule has 0 heterocycles. The second-order valence-electron chi connectivity index (χ2n) is 6.91. The van der Waals surface area contributed by atoms with Crippen molar-refractivity contribution >= 4 is 11.9 Å². The summed E-state index contributed by atoms with van der Waals surface area (Å²) >= 11 is 0. The summed E-state index contributed by atoms with van der Waals surface area (Å²) in [6, 6.07) is 0. The van der Waals surface area contributed by atoms with Crippen LogP contribution in [0.15, 0.2) is 11.8 Å². The Labute approximate surface area is 139 Å². The zero-order chi connectivity index (χ0) is 17.9. The number of quaternary nitrogens is 1. The molecule has 0 aliphatic carbocycles. The van der Waals surface area contributed by atoms with Crippen LogP contribution >= 0.6 is 0 Å². The van der Waals surface area contributed by atoms with Crippen molar-refractivity contribution < 1.29 is 29.0 Å². The van der Waals surface area contributed by atoms with E-state index in [1.165, 1.54) is 6.42 Å². The number of rotatable bonds is 12. The Balaban J connectivity index is 4.37. The molecule has 6 heteroatoms. The Morgan fingerprint density at radius 2 is 1.78 bits per heavy atom. The normalized spacial score (nSPS) is 13.7. The number of carbonyl (C=O) groups is 2. The minimum absolute atomic E-state index is 0.0241. The maximum atomic E-state index is 11.8. The van der Waals surface area contributed by atoms with Crippen LogP contribution in [-0.4, -0.2) is 55.3 Å². The summed E-state index contributed by atoms with van der Waals surface area (Å²) in [6.07, 6.45) is 5.60. The summed E-state index contributed by atoms with van der Waals surface area (Å²) in [6.45, 7) is 2.48. The summed E-state index contributed by atoms with van der Waals surface area (Å²) in [5.41, 5.74) is 0. The van der Waals surface area contributed by atoms with Crippen molar-refractivity contribution in [1.29, 1.82) is 0 Å². The van der Waals surface area contributed by atoms with Crippen molar-refractivity contribution in [2.75, 3.05) is 27.7 Å². The van der Waals surface area contributed by atoms with E-state index in [1.807, 2.05) is 21.1 Å². The van der Waals surface area contributed by atoms with Crippen molar-refractivity contribution in [1.82, 2.24) is 0 Å². The minimum Gasteiger partial charge on any atom is -0.550 e. The maximum Gasteiger partial charge on any atom is 0.334 e. The highest BCUT2D eigenvalue weighted by atomic mass is 16.5. The topological polar surface area (TPSA) is 86.7 Å². The van der Waals surface area contributed by atoms with Crippen molar-refractivity contribution in [3.63, 3.8) is 0 Å². The van der Waals surface area contributed by atoms with Gasteiger partial charge in [-0.05, 0) is 6.42 Å². The van der Waals surface area contributed by atoms with E-state index >= 15 is 0 Å². The van der Waals surface area contributed by atoms with Gasteiger partial charge in [0.15, 0.2) is 6.10 Å². The highest BCUT2D eigenvalue weighted by molar-refractivity contribution is 5.82. The van der Waals surface area contributed by atoms with Crippen LogP contribution in [0.3, 0.4) is 0 Å². The van der Waals surface area contributed by atoms with Gasteiger partial charge in [0.05, 0.1) is 33.0 Å². The first-order valence-corrected chi connectivity index (χ1v) is 8.24. The number of ether oxygens (including phenoxy) is 1. The van der Waals surface area contributed by atoms with Crippen LogP contribution in [0.1, 0.15) is 51.9 Å². The van der Waals surface area contributed by atoms with Gasteiger partial charge in [-0.3, -0.25) is 0 Å². The summed E-state index contributed by atoms with van der Waals surface area (Å²) in [4.78, 5) is 22.5. The van der Waals surface area contributed by atoms with Gasteiger partial charge >= 0.3 is 5.97 Å². The first-order chi connectivity index (χ1) is 10.6. The summed E-state index contributed by atoms with van der Waals surface area (Å²) in [7, 11) is 5.62. The summed E-state index contributed by atoms with van der Waals surface area (Å²) in [5, 5.41) is 20.5. The molecule has 0 saturated carbocycles. The quantitative estimate of drug-likeness (QED) is 0.193. The van der Waals surface area contributed by atoms with Crippen LogP contribution in [0.25, 0.3) is 0 Å². The number of hydrogen-bond donors (Lipinski definition) is 1. The van der Waals surface area contributed by atoms with Gasteiger partial charge in [-0.25, -0.2) is 4.79 Å². The molecule has 1 unspecified atom stereocenters. The van der Waals surface area contributed by atoms with Crippen LogP contribution in [-0.2, 0) is 14.3 Å². The van der Waals surface area contributed by atoms with Gasteiger partial charge in [0.2, 0.25) is 0 Å². The number of likely N-dealkylation sites (N-methyl/N-ethyl adjacent to an activating group) is 1. The van der Waals surface area contributed by atoms with E-state index in [1.54, 1.807) is 0 Å². The number of hydrogen-bond acceptors (Lipinski definition) is 5. The number of aliphatic hydroxyl groups is 1. The van der Waals surface area contributed by atoms with Gasteiger partial charge in [-0.2, -0.15) is 0 Å². The Morgan fingerprint density at radius 3 is 2.30 bits per heavy atom. The number of carbonyl (C=O) groups excluding carboxylic acids is 2. The molecule has 0 aliphatic rings. The predicted molar refractivity (Wildman–Crippen MR) is 86.5 cm³/mol. The average Bonchev–Trinajstić information content (AvgIpc) is 2.35. The SMILES string of the molecule is CCCCCCCC(O)=CC(=O)OC(CC(=O)[O-])C[N+](C)(C)C. The lowest BCUT2D eigenvalue weighted by Crippen LogP contribution is -2.45. The van der Waals surface area contributed by atoms with Gasteiger partial charge in [0.25, 0.3) is 0 Å².